The van der Waals surface area contributed by atoms with Gasteiger partial charge in [0.05, 0.1) is 0 Å². The summed E-state index contributed by atoms with van der Waals surface area (Å²) in [5, 5.41) is 0. The van der Waals surface area contributed by atoms with Gasteiger partial charge >= 0.3 is 6.03 Å². The molecule has 19 heavy (non-hydrogen) atoms. The molecule has 0 atom stereocenters. The van der Waals surface area contributed by atoms with E-state index in [0.29, 0.717) is 11.5 Å². The van der Waals surface area contributed by atoms with Crippen molar-refractivity contribution in [3.05, 3.63) is 35.4 Å². The van der Waals surface area contributed by atoms with E-state index in [1.165, 1.54) is 0 Å². The van der Waals surface area contributed by atoms with Crippen LogP contribution >= 0.6 is 12.2 Å². The number of nitrogens with zero attached hydrogens (tertiary/aromatic N) is 2. The van der Waals surface area contributed by atoms with E-state index in [0.717, 1.165) is 37.1 Å². The van der Waals surface area contributed by atoms with Gasteiger partial charge in [0.1, 0.15) is 4.99 Å². The first-order valence-electron chi connectivity index (χ1n) is 6.46. The van der Waals surface area contributed by atoms with Crippen molar-refractivity contribution >= 4 is 23.2 Å². The van der Waals surface area contributed by atoms with Gasteiger partial charge in [-0.25, -0.2) is 4.79 Å². The molecule has 0 spiro atoms. The highest BCUT2D eigenvalue weighted by Crippen LogP contribution is 2.13. The molecule has 1 aromatic carbocycles. The second-order valence-corrected chi connectivity index (χ2v) is 5.34. The molecule has 2 rings (SSSR count). The maximum Gasteiger partial charge on any atom is 0.320 e. The number of hydrogen-bond donors (Lipinski definition) is 1. The third-order valence-electron chi connectivity index (χ3n) is 3.33. The molecule has 4 nitrogen and oxygen atoms in total. The van der Waals surface area contributed by atoms with Gasteiger partial charge in [-0.05, 0) is 24.5 Å². The SMILES string of the molecule is CN(Cc1cccc(C(N)=S)c1)C(=O)N1CCCC1. The highest BCUT2D eigenvalue weighted by atomic mass is 32.1. The van der Waals surface area contributed by atoms with E-state index in [2.05, 4.69) is 0 Å². The molecule has 1 aromatic rings. The maximum absolute atomic E-state index is 12.2. The van der Waals surface area contributed by atoms with E-state index < -0.39 is 0 Å². The van der Waals surface area contributed by atoms with Gasteiger partial charge in [0.2, 0.25) is 0 Å². The average Bonchev–Trinajstić information content (AvgIpc) is 2.92. The molecule has 1 heterocycles. The van der Waals surface area contributed by atoms with Crippen LogP contribution in [0.25, 0.3) is 0 Å². The number of rotatable bonds is 3. The van der Waals surface area contributed by atoms with Crippen molar-refractivity contribution in [2.45, 2.75) is 19.4 Å². The van der Waals surface area contributed by atoms with Gasteiger partial charge in [0.15, 0.2) is 0 Å². The van der Waals surface area contributed by atoms with Crippen LogP contribution in [-0.2, 0) is 6.54 Å². The Morgan fingerprint density at radius 2 is 2.11 bits per heavy atom. The minimum Gasteiger partial charge on any atom is -0.389 e. The topological polar surface area (TPSA) is 49.6 Å². The molecule has 1 saturated heterocycles. The number of carbonyl (C=O) groups is 1. The third-order valence-corrected chi connectivity index (χ3v) is 3.57. The van der Waals surface area contributed by atoms with E-state index in [4.69, 9.17) is 18.0 Å². The summed E-state index contributed by atoms with van der Waals surface area (Å²) < 4.78 is 0. The number of likely N-dealkylation sites (tertiary alicyclic amines) is 1. The minimum absolute atomic E-state index is 0.0956. The van der Waals surface area contributed by atoms with Crippen LogP contribution in [0.5, 0.6) is 0 Å². The van der Waals surface area contributed by atoms with Crippen LogP contribution in [0, 0.1) is 0 Å². The van der Waals surface area contributed by atoms with Gasteiger partial charge in [0, 0.05) is 32.2 Å². The Hall–Kier alpha value is -1.62. The number of hydrogen-bond acceptors (Lipinski definition) is 2. The fraction of sp³-hybridized carbons (Fsp3) is 0.429. The first-order valence-corrected chi connectivity index (χ1v) is 6.87. The van der Waals surface area contributed by atoms with Gasteiger partial charge in [-0.2, -0.15) is 0 Å². The molecule has 1 fully saturated rings. The second-order valence-electron chi connectivity index (χ2n) is 4.90. The fourth-order valence-electron chi connectivity index (χ4n) is 2.31. The lowest BCUT2D eigenvalue weighted by atomic mass is 10.1. The monoisotopic (exact) mass is 277 g/mol. The van der Waals surface area contributed by atoms with E-state index in [1.807, 2.05) is 36.2 Å². The summed E-state index contributed by atoms with van der Waals surface area (Å²) in [6, 6.07) is 7.82. The summed E-state index contributed by atoms with van der Waals surface area (Å²) in [5.41, 5.74) is 7.50. The molecule has 102 valence electrons. The summed E-state index contributed by atoms with van der Waals surface area (Å²) in [6.07, 6.45) is 2.22. The minimum atomic E-state index is 0.0956. The van der Waals surface area contributed by atoms with Crippen LogP contribution in [-0.4, -0.2) is 41.0 Å². The molecular formula is C14H19N3OS. The highest BCUT2D eigenvalue weighted by Gasteiger charge is 2.21. The predicted octanol–water partition coefficient (Wildman–Crippen LogP) is 1.97. The van der Waals surface area contributed by atoms with Gasteiger partial charge < -0.3 is 15.5 Å². The molecule has 0 aliphatic carbocycles. The second kappa shape index (κ2) is 6.02. The van der Waals surface area contributed by atoms with Crippen LogP contribution in [0.3, 0.4) is 0 Å². The molecule has 2 amide bonds. The maximum atomic E-state index is 12.2. The molecule has 0 saturated carbocycles. The van der Waals surface area contributed by atoms with Crippen LogP contribution in [0.4, 0.5) is 4.79 Å². The van der Waals surface area contributed by atoms with Crippen molar-refractivity contribution in [2.75, 3.05) is 20.1 Å². The Morgan fingerprint density at radius 1 is 1.42 bits per heavy atom. The van der Waals surface area contributed by atoms with Crippen LogP contribution in [0.15, 0.2) is 24.3 Å². The predicted molar refractivity (Wildman–Crippen MR) is 80.0 cm³/mol. The van der Waals surface area contributed by atoms with E-state index >= 15 is 0 Å². The lowest BCUT2D eigenvalue weighted by Gasteiger charge is -2.24. The zero-order chi connectivity index (χ0) is 13.8. The molecule has 2 N–H and O–H groups in total. The molecule has 5 heteroatoms. The Balaban J connectivity index is 2.01. The molecule has 0 bridgehead atoms. The molecule has 0 radical (unpaired) electrons. The largest absolute Gasteiger partial charge is 0.389 e. The lowest BCUT2D eigenvalue weighted by molar-refractivity contribution is 0.171. The number of nitrogens with two attached hydrogens (primary N) is 1. The standard InChI is InChI=1S/C14H19N3OS/c1-16(14(18)17-7-2-3-8-17)10-11-5-4-6-12(9-11)13(15)19/h4-6,9H,2-3,7-8,10H2,1H3,(H2,15,19). The number of urea groups is 1. The summed E-state index contributed by atoms with van der Waals surface area (Å²) in [5.74, 6) is 0. The van der Waals surface area contributed by atoms with E-state index in [-0.39, 0.29) is 6.03 Å². The quantitative estimate of drug-likeness (QED) is 0.859. The first kappa shape index (κ1) is 13.8. The Labute approximate surface area is 119 Å². The highest BCUT2D eigenvalue weighted by molar-refractivity contribution is 7.80. The van der Waals surface area contributed by atoms with Crippen molar-refractivity contribution in [1.29, 1.82) is 0 Å². The average molecular weight is 277 g/mol. The van der Waals surface area contributed by atoms with Crippen molar-refractivity contribution in [1.82, 2.24) is 9.80 Å². The number of benzene rings is 1. The van der Waals surface area contributed by atoms with Crippen LogP contribution in [0.2, 0.25) is 0 Å². The summed E-state index contributed by atoms with van der Waals surface area (Å²) in [7, 11) is 1.83. The zero-order valence-electron chi connectivity index (χ0n) is 11.1. The van der Waals surface area contributed by atoms with Gasteiger partial charge in [-0.3, -0.25) is 0 Å². The molecular weight excluding hydrogens is 258 g/mol. The first-order chi connectivity index (χ1) is 9.08. The van der Waals surface area contributed by atoms with Crippen molar-refractivity contribution in [3.63, 3.8) is 0 Å². The number of amides is 2. The van der Waals surface area contributed by atoms with E-state index in [1.54, 1.807) is 4.90 Å². The Morgan fingerprint density at radius 3 is 2.74 bits per heavy atom. The summed E-state index contributed by atoms with van der Waals surface area (Å²) in [6.45, 7) is 2.32. The van der Waals surface area contributed by atoms with Crippen molar-refractivity contribution < 1.29 is 4.79 Å². The third kappa shape index (κ3) is 3.44. The Bertz CT molecular complexity index is 483. The molecule has 1 aliphatic rings. The summed E-state index contributed by atoms with van der Waals surface area (Å²) in [4.78, 5) is 16.2. The van der Waals surface area contributed by atoms with Gasteiger partial charge in [-0.15, -0.1) is 0 Å². The van der Waals surface area contributed by atoms with Gasteiger partial charge in [0.25, 0.3) is 0 Å². The zero-order valence-corrected chi connectivity index (χ0v) is 11.9. The van der Waals surface area contributed by atoms with Crippen molar-refractivity contribution in [3.8, 4) is 0 Å². The van der Waals surface area contributed by atoms with Crippen molar-refractivity contribution in [2.24, 2.45) is 5.73 Å². The number of thiocarbonyl (C=S) groups is 1. The van der Waals surface area contributed by atoms with Crippen LogP contribution in [0.1, 0.15) is 24.0 Å². The molecule has 0 aromatic heterocycles. The normalized spacial score (nSPS) is 14.5. The smallest absolute Gasteiger partial charge is 0.320 e. The Kier molecular flexibility index (Phi) is 4.37. The van der Waals surface area contributed by atoms with E-state index in [9.17, 15) is 4.79 Å². The summed E-state index contributed by atoms with van der Waals surface area (Å²) >= 11 is 4.96. The van der Waals surface area contributed by atoms with Crippen LogP contribution < -0.4 is 5.73 Å². The number of carbonyl (C=O) groups excluding carboxylic acids is 1. The molecule has 1 aliphatic heterocycles. The fourth-order valence-corrected chi connectivity index (χ4v) is 2.44. The molecule has 0 unspecified atom stereocenters. The van der Waals surface area contributed by atoms with Gasteiger partial charge in [-0.1, -0.05) is 30.4 Å². The lowest BCUT2D eigenvalue weighted by Crippen LogP contribution is -2.38.